The molecule has 0 aliphatic carbocycles. The molecule has 2 atom stereocenters. The van der Waals surface area contributed by atoms with Crippen molar-refractivity contribution in [2.45, 2.75) is 32.9 Å². The molecule has 0 amide bonds. The number of benzene rings is 1. The van der Waals surface area contributed by atoms with Gasteiger partial charge in [-0.15, -0.1) is 0 Å². The first-order valence-electron chi connectivity index (χ1n) is 9.44. The van der Waals surface area contributed by atoms with E-state index in [2.05, 4.69) is 31.0 Å². The van der Waals surface area contributed by atoms with Crippen LogP contribution >= 0.6 is 15.9 Å². The van der Waals surface area contributed by atoms with Crippen molar-refractivity contribution < 1.29 is 22.5 Å². The Morgan fingerprint density at radius 1 is 1.32 bits per heavy atom. The minimum absolute atomic E-state index is 0.123. The molecule has 0 aliphatic heterocycles. The number of rotatable bonds is 11. The summed E-state index contributed by atoms with van der Waals surface area (Å²) in [7, 11) is -1.76. The summed E-state index contributed by atoms with van der Waals surface area (Å²) in [5.74, 6) is -2.97. The molecule has 2 rings (SSSR count). The van der Waals surface area contributed by atoms with Gasteiger partial charge >= 0.3 is 0 Å². The molecule has 3 N–H and O–H groups in total. The van der Waals surface area contributed by atoms with E-state index >= 15 is 0 Å². The Morgan fingerprint density at radius 2 is 2.03 bits per heavy atom. The van der Waals surface area contributed by atoms with Crippen molar-refractivity contribution in [1.82, 2.24) is 4.98 Å². The molecule has 2 unspecified atom stereocenters. The number of nitrogens with zero attached hydrogens (tertiary/aromatic N) is 1. The standard InChI is InChI=1S/C20H23BrF2N4O3S/c1-4-6-15(30-5-2)26-20-13(9-11(21)10-25-20)17(24)19(28)12-7-8-14(22)18(16(12)23)27-31(3)29/h7-10,15,24,27H,4-6H2,1-3H3,(H,25,26). The molecular formula is C20H23BrF2N4O3S. The molecule has 0 saturated heterocycles. The fourth-order valence-electron chi connectivity index (χ4n) is 2.78. The van der Waals surface area contributed by atoms with Gasteiger partial charge in [-0.3, -0.25) is 10.2 Å². The van der Waals surface area contributed by atoms with Crippen LogP contribution in [0.4, 0.5) is 20.3 Å². The van der Waals surface area contributed by atoms with Crippen molar-refractivity contribution >= 4 is 49.9 Å². The maximum Gasteiger partial charge on any atom is 0.214 e. The monoisotopic (exact) mass is 516 g/mol. The number of pyridine rings is 1. The number of aromatic nitrogens is 1. The maximum absolute atomic E-state index is 14.8. The number of carbonyl (C=O) groups excluding carboxylic acids is 1. The second-order valence-corrected chi connectivity index (χ2v) is 8.50. The van der Waals surface area contributed by atoms with Crippen LogP contribution in [0.1, 0.15) is 42.6 Å². The van der Waals surface area contributed by atoms with E-state index in [1.54, 1.807) is 0 Å². The average molecular weight is 517 g/mol. The second-order valence-electron chi connectivity index (χ2n) is 6.47. The van der Waals surface area contributed by atoms with E-state index < -0.39 is 45.4 Å². The highest BCUT2D eigenvalue weighted by Crippen LogP contribution is 2.26. The van der Waals surface area contributed by atoms with Gasteiger partial charge in [-0.25, -0.2) is 18.0 Å². The third-order valence-electron chi connectivity index (χ3n) is 4.15. The van der Waals surface area contributed by atoms with Gasteiger partial charge in [0.15, 0.2) is 5.82 Å². The molecule has 0 saturated carbocycles. The van der Waals surface area contributed by atoms with Gasteiger partial charge in [-0.05, 0) is 47.5 Å². The van der Waals surface area contributed by atoms with Crippen LogP contribution in [0, 0.1) is 17.0 Å². The summed E-state index contributed by atoms with van der Waals surface area (Å²) < 4.78 is 48.4. The van der Waals surface area contributed by atoms with Crippen molar-refractivity contribution in [2.75, 3.05) is 22.9 Å². The Balaban J connectivity index is 2.44. The first-order valence-corrected chi connectivity index (χ1v) is 11.8. The lowest BCUT2D eigenvalue weighted by molar-refractivity contribution is 0.0759. The quantitative estimate of drug-likeness (QED) is 0.229. The van der Waals surface area contributed by atoms with Gasteiger partial charge in [0.25, 0.3) is 0 Å². The maximum atomic E-state index is 14.8. The van der Waals surface area contributed by atoms with Gasteiger partial charge in [-0.1, -0.05) is 13.3 Å². The molecule has 1 aromatic carbocycles. The fourth-order valence-corrected chi connectivity index (χ4v) is 3.59. The number of ether oxygens (including phenoxy) is 1. The second kappa shape index (κ2) is 11.4. The molecule has 0 aliphatic rings. The molecule has 0 radical (unpaired) electrons. The molecular weight excluding hydrogens is 494 g/mol. The highest BCUT2D eigenvalue weighted by atomic mass is 79.9. The van der Waals surface area contributed by atoms with Gasteiger partial charge in [0.2, 0.25) is 5.78 Å². The number of Topliss-reactive ketones (excluding diaryl/α,β-unsaturated/α-hetero) is 1. The molecule has 0 spiro atoms. The summed E-state index contributed by atoms with van der Waals surface area (Å²) in [5, 5.41) is 11.5. The molecule has 7 nitrogen and oxygen atoms in total. The SMILES string of the molecule is CCCC(Nc1ncc(Br)cc1C(=N)C(=O)c1ccc(F)c(NS(C)=O)c1F)OCC. The van der Waals surface area contributed by atoms with Crippen molar-refractivity contribution in [3.8, 4) is 0 Å². The molecule has 31 heavy (non-hydrogen) atoms. The van der Waals surface area contributed by atoms with Gasteiger partial charge in [0.1, 0.15) is 40.2 Å². The van der Waals surface area contributed by atoms with Crippen LogP contribution < -0.4 is 10.0 Å². The number of anilines is 2. The predicted molar refractivity (Wildman–Crippen MR) is 121 cm³/mol. The topological polar surface area (TPSA) is 104 Å². The summed E-state index contributed by atoms with van der Waals surface area (Å²) in [4.78, 5) is 17.2. The molecule has 0 bridgehead atoms. The third-order valence-corrected chi connectivity index (χ3v) is 5.07. The lowest BCUT2D eigenvalue weighted by atomic mass is 10.00. The number of ketones is 1. The largest absolute Gasteiger partial charge is 0.359 e. The molecule has 168 valence electrons. The summed E-state index contributed by atoms with van der Waals surface area (Å²) in [5.41, 5.74) is -1.64. The number of hydrogen-bond acceptors (Lipinski definition) is 6. The van der Waals surface area contributed by atoms with E-state index in [1.165, 1.54) is 18.5 Å². The van der Waals surface area contributed by atoms with Crippen LogP contribution in [0.25, 0.3) is 0 Å². The molecule has 2 aromatic rings. The highest BCUT2D eigenvalue weighted by Gasteiger charge is 2.25. The normalized spacial score (nSPS) is 12.8. The number of carbonyl (C=O) groups is 1. The van der Waals surface area contributed by atoms with Crippen LogP contribution in [-0.2, 0) is 15.7 Å². The number of hydrogen-bond donors (Lipinski definition) is 3. The van der Waals surface area contributed by atoms with Crippen molar-refractivity contribution in [3.05, 3.63) is 51.6 Å². The number of halogens is 3. The molecule has 1 heterocycles. The van der Waals surface area contributed by atoms with E-state index in [0.29, 0.717) is 17.5 Å². The predicted octanol–water partition coefficient (Wildman–Crippen LogP) is 4.65. The summed E-state index contributed by atoms with van der Waals surface area (Å²) in [6.45, 7) is 4.29. The Kier molecular flexibility index (Phi) is 9.20. The zero-order chi connectivity index (χ0) is 23.1. The van der Waals surface area contributed by atoms with Crippen molar-refractivity contribution in [1.29, 1.82) is 5.41 Å². The van der Waals surface area contributed by atoms with Crippen LogP contribution in [0.5, 0.6) is 0 Å². The first-order chi connectivity index (χ1) is 14.7. The van der Waals surface area contributed by atoms with Gasteiger partial charge in [-0.2, -0.15) is 0 Å². The highest BCUT2D eigenvalue weighted by molar-refractivity contribution is 9.10. The van der Waals surface area contributed by atoms with Crippen LogP contribution in [0.3, 0.4) is 0 Å². The summed E-state index contributed by atoms with van der Waals surface area (Å²) in [6.07, 6.45) is 3.81. The minimum atomic E-state index is -1.76. The molecule has 0 fully saturated rings. The minimum Gasteiger partial charge on any atom is -0.359 e. The van der Waals surface area contributed by atoms with E-state index in [0.717, 1.165) is 18.6 Å². The zero-order valence-corrected chi connectivity index (χ0v) is 19.6. The van der Waals surface area contributed by atoms with Crippen LogP contribution in [0.15, 0.2) is 28.9 Å². The third kappa shape index (κ3) is 6.37. The van der Waals surface area contributed by atoms with Crippen molar-refractivity contribution in [3.63, 3.8) is 0 Å². The van der Waals surface area contributed by atoms with Gasteiger partial charge in [0.05, 0.1) is 5.56 Å². The van der Waals surface area contributed by atoms with Crippen molar-refractivity contribution in [2.24, 2.45) is 0 Å². The van der Waals surface area contributed by atoms with Crippen LogP contribution in [-0.4, -0.2) is 39.8 Å². The lowest BCUT2D eigenvalue weighted by Gasteiger charge is -2.20. The molecule has 11 heteroatoms. The Morgan fingerprint density at radius 3 is 2.65 bits per heavy atom. The van der Waals surface area contributed by atoms with E-state index in [-0.39, 0.29) is 17.6 Å². The fraction of sp³-hybridized carbons (Fsp3) is 0.350. The van der Waals surface area contributed by atoms with Gasteiger partial charge < -0.3 is 14.8 Å². The summed E-state index contributed by atoms with van der Waals surface area (Å²) in [6, 6.07) is 3.33. The van der Waals surface area contributed by atoms with Crippen LogP contribution in [0.2, 0.25) is 0 Å². The Labute approximate surface area is 190 Å². The number of nitrogens with one attached hydrogen (secondary N) is 3. The van der Waals surface area contributed by atoms with E-state index in [1.807, 2.05) is 13.8 Å². The smallest absolute Gasteiger partial charge is 0.214 e. The van der Waals surface area contributed by atoms with E-state index in [4.69, 9.17) is 10.1 Å². The first kappa shape index (κ1) is 25.0. The Bertz CT molecular complexity index is 1000. The zero-order valence-electron chi connectivity index (χ0n) is 17.2. The average Bonchev–Trinajstić information content (AvgIpc) is 2.71. The van der Waals surface area contributed by atoms with Gasteiger partial charge in [0, 0.05) is 29.1 Å². The molecule has 1 aromatic heterocycles. The lowest BCUT2D eigenvalue weighted by Crippen LogP contribution is -2.26. The Hall–Kier alpha value is -2.24. The summed E-state index contributed by atoms with van der Waals surface area (Å²) >= 11 is 3.26. The van der Waals surface area contributed by atoms with E-state index in [9.17, 15) is 17.8 Å².